The molecule has 0 aliphatic heterocycles. The summed E-state index contributed by atoms with van der Waals surface area (Å²) in [5, 5.41) is 1.98. The van der Waals surface area contributed by atoms with Crippen molar-refractivity contribution in [2.45, 2.75) is 38.6 Å². The first-order chi connectivity index (χ1) is 15.8. The molecule has 1 unspecified atom stereocenters. The molecule has 0 N–H and O–H groups in total. The third-order valence-corrected chi connectivity index (χ3v) is 7.72. The monoisotopic (exact) mass is 476 g/mol. The summed E-state index contributed by atoms with van der Waals surface area (Å²) in [5.74, 6) is 6.30. The van der Waals surface area contributed by atoms with E-state index in [0.29, 0.717) is 5.71 Å². The van der Waals surface area contributed by atoms with E-state index in [1.807, 2.05) is 93.7 Å². The maximum atomic E-state index is 13.5. The van der Waals surface area contributed by atoms with Crippen LogP contribution in [0.15, 0.2) is 93.6 Å². The molecular formula is C27H28N2O2S2. The van der Waals surface area contributed by atoms with Crippen molar-refractivity contribution in [1.82, 2.24) is 4.31 Å². The van der Waals surface area contributed by atoms with Gasteiger partial charge in [0.05, 0.1) is 21.5 Å². The molecule has 1 heterocycles. The van der Waals surface area contributed by atoms with Crippen LogP contribution in [0.1, 0.15) is 31.2 Å². The molecule has 1 atom stereocenters. The van der Waals surface area contributed by atoms with Gasteiger partial charge in [-0.3, -0.25) is 0 Å². The van der Waals surface area contributed by atoms with Crippen LogP contribution >= 0.6 is 11.3 Å². The predicted molar refractivity (Wildman–Crippen MR) is 139 cm³/mol. The first-order valence-corrected chi connectivity index (χ1v) is 13.0. The van der Waals surface area contributed by atoms with Crippen molar-refractivity contribution < 1.29 is 8.42 Å². The molecule has 6 heteroatoms. The Morgan fingerprint density at radius 3 is 2.36 bits per heavy atom. The molecule has 4 nitrogen and oxygen atoms in total. The molecule has 0 amide bonds. The lowest BCUT2D eigenvalue weighted by molar-refractivity contribution is 0.415. The molecule has 3 aromatic rings. The van der Waals surface area contributed by atoms with Gasteiger partial charge in [-0.25, -0.2) is 13.4 Å². The van der Waals surface area contributed by atoms with Crippen LogP contribution < -0.4 is 0 Å². The Bertz CT molecular complexity index is 1280. The highest BCUT2D eigenvalue weighted by Crippen LogP contribution is 2.20. The van der Waals surface area contributed by atoms with Crippen LogP contribution in [0.25, 0.3) is 0 Å². The zero-order valence-corrected chi connectivity index (χ0v) is 21.0. The number of aryl methyl sites for hydroxylation is 1. The van der Waals surface area contributed by atoms with Crippen molar-refractivity contribution in [3.05, 3.63) is 94.2 Å². The second-order valence-corrected chi connectivity index (χ2v) is 10.7. The summed E-state index contributed by atoms with van der Waals surface area (Å²) in [4.78, 5) is 5.91. The largest absolute Gasteiger partial charge is 0.244 e. The number of hydrogen-bond donors (Lipinski definition) is 0. The van der Waals surface area contributed by atoms with Crippen LogP contribution in [-0.2, 0) is 10.0 Å². The Balaban J connectivity index is 1.99. The molecule has 33 heavy (non-hydrogen) atoms. The molecule has 0 spiro atoms. The maximum Gasteiger partial charge on any atom is 0.244 e. The molecule has 0 aliphatic rings. The summed E-state index contributed by atoms with van der Waals surface area (Å²) >= 11 is 1.55. The molecule has 1 aromatic heterocycles. The van der Waals surface area contributed by atoms with Gasteiger partial charge in [0.15, 0.2) is 0 Å². The van der Waals surface area contributed by atoms with Gasteiger partial charge in [-0.05, 0) is 69.3 Å². The highest BCUT2D eigenvalue weighted by atomic mass is 32.2. The summed E-state index contributed by atoms with van der Waals surface area (Å²) in [7, 11) is -3.72. The lowest BCUT2D eigenvalue weighted by Crippen LogP contribution is -2.38. The topological polar surface area (TPSA) is 49.7 Å². The van der Waals surface area contributed by atoms with Crippen LogP contribution in [0.3, 0.4) is 0 Å². The summed E-state index contributed by atoms with van der Waals surface area (Å²) in [6, 6.07) is 19.9. The number of nitrogens with zero attached hydrogens (tertiary/aromatic N) is 2. The second-order valence-electron chi connectivity index (χ2n) is 7.89. The summed E-state index contributed by atoms with van der Waals surface area (Å²) < 4.78 is 28.4. The number of benzene rings is 2. The molecule has 0 fully saturated rings. The van der Waals surface area contributed by atoms with Gasteiger partial charge in [0, 0.05) is 6.54 Å². The molecule has 2 aromatic carbocycles. The minimum atomic E-state index is -3.72. The fourth-order valence-electron chi connectivity index (χ4n) is 3.02. The predicted octanol–water partition coefficient (Wildman–Crippen LogP) is 6.23. The highest BCUT2D eigenvalue weighted by molar-refractivity contribution is 7.89. The fourth-order valence-corrected chi connectivity index (χ4v) is 5.18. The fraction of sp³-hybridized carbons (Fsp3) is 0.222. The van der Waals surface area contributed by atoms with Crippen LogP contribution in [0.2, 0.25) is 0 Å². The third-order valence-electron chi connectivity index (χ3n) is 4.89. The Morgan fingerprint density at radius 1 is 1.06 bits per heavy atom. The van der Waals surface area contributed by atoms with Gasteiger partial charge in [0.2, 0.25) is 10.0 Å². The molecule has 0 bridgehead atoms. The number of thiophene rings is 1. The standard InChI is InChI=1S/C27H28N2O2S2/c1-21(2)18-19-29(33(30,31)25-15-12-22(3)13-16-25)23(4)14-17-26(27-11-8-20-32-27)28-24-9-6-5-7-10-24/h5-13,15-16,18,20,23H,19H2,1-4H3. The van der Waals surface area contributed by atoms with Gasteiger partial charge < -0.3 is 0 Å². The zero-order valence-electron chi connectivity index (χ0n) is 19.3. The Labute approximate surface area is 201 Å². The van der Waals surface area contributed by atoms with E-state index in [9.17, 15) is 8.42 Å². The molecule has 0 saturated carbocycles. The average Bonchev–Trinajstić information content (AvgIpc) is 3.32. The second kappa shape index (κ2) is 11.2. The lowest BCUT2D eigenvalue weighted by Gasteiger charge is -2.24. The van der Waals surface area contributed by atoms with Crippen molar-refractivity contribution >= 4 is 32.8 Å². The molecule has 170 valence electrons. The van der Waals surface area contributed by atoms with Gasteiger partial charge in [-0.2, -0.15) is 4.31 Å². The lowest BCUT2D eigenvalue weighted by atomic mass is 10.2. The smallest absolute Gasteiger partial charge is 0.238 e. The van der Waals surface area contributed by atoms with Crippen molar-refractivity contribution in [3.8, 4) is 11.8 Å². The number of aliphatic imine (C=N–C) groups is 1. The van der Waals surface area contributed by atoms with Crippen LogP contribution in [-0.4, -0.2) is 31.0 Å². The first kappa shape index (κ1) is 24.7. The van der Waals surface area contributed by atoms with Gasteiger partial charge >= 0.3 is 0 Å². The summed E-state index contributed by atoms with van der Waals surface area (Å²) in [6.07, 6.45) is 1.90. The maximum absolute atomic E-state index is 13.5. The van der Waals surface area contributed by atoms with Crippen molar-refractivity contribution in [3.63, 3.8) is 0 Å². The molecule has 0 radical (unpaired) electrons. The minimum Gasteiger partial charge on any atom is -0.238 e. The molecule has 0 saturated heterocycles. The zero-order chi connectivity index (χ0) is 23.8. The van der Waals surface area contributed by atoms with Gasteiger partial charge in [0.1, 0.15) is 5.71 Å². The minimum absolute atomic E-state index is 0.249. The van der Waals surface area contributed by atoms with Crippen LogP contribution in [0.5, 0.6) is 0 Å². The van der Waals surface area contributed by atoms with E-state index in [1.165, 1.54) is 4.31 Å². The van der Waals surface area contributed by atoms with E-state index in [2.05, 4.69) is 11.8 Å². The average molecular weight is 477 g/mol. The molecule has 0 aliphatic carbocycles. The number of hydrogen-bond acceptors (Lipinski definition) is 4. The van der Waals surface area contributed by atoms with Gasteiger partial charge in [0.25, 0.3) is 0 Å². The van der Waals surface area contributed by atoms with E-state index in [1.54, 1.807) is 23.5 Å². The van der Waals surface area contributed by atoms with Crippen LogP contribution in [0.4, 0.5) is 5.69 Å². The summed E-state index contributed by atoms with van der Waals surface area (Å²) in [5.41, 5.74) is 3.48. The van der Waals surface area contributed by atoms with E-state index >= 15 is 0 Å². The SMILES string of the molecule is CC(C)=CCN(C(C)C#CC(=Nc1ccccc1)c1cccs1)S(=O)(=O)c1ccc(C)cc1. The van der Waals surface area contributed by atoms with E-state index < -0.39 is 16.1 Å². The van der Waals surface area contributed by atoms with E-state index in [-0.39, 0.29) is 11.4 Å². The Hall–Kier alpha value is -2.98. The number of rotatable bonds is 7. The Morgan fingerprint density at radius 2 is 1.76 bits per heavy atom. The van der Waals surface area contributed by atoms with Crippen molar-refractivity contribution in [2.75, 3.05) is 6.54 Å². The van der Waals surface area contributed by atoms with Crippen molar-refractivity contribution in [2.24, 2.45) is 4.99 Å². The Kier molecular flexibility index (Phi) is 8.40. The number of para-hydroxylation sites is 1. The normalized spacial score (nSPS) is 12.7. The molecular weight excluding hydrogens is 448 g/mol. The van der Waals surface area contributed by atoms with E-state index in [0.717, 1.165) is 21.7 Å². The van der Waals surface area contributed by atoms with Crippen LogP contribution in [0, 0.1) is 18.8 Å². The van der Waals surface area contributed by atoms with Gasteiger partial charge in [-0.15, -0.1) is 11.3 Å². The highest BCUT2D eigenvalue weighted by Gasteiger charge is 2.27. The molecule has 3 rings (SSSR count). The quantitative estimate of drug-likeness (QED) is 0.231. The summed E-state index contributed by atoms with van der Waals surface area (Å²) in [6.45, 7) is 7.90. The number of allylic oxidation sites excluding steroid dienone is 1. The third kappa shape index (κ3) is 6.75. The van der Waals surface area contributed by atoms with Crippen molar-refractivity contribution in [1.29, 1.82) is 0 Å². The van der Waals surface area contributed by atoms with E-state index in [4.69, 9.17) is 4.99 Å². The van der Waals surface area contributed by atoms with Gasteiger partial charge in [-0.1, -0.05) is 59.5 Å². The number of sulfonamides is 1. The first-order valence-electron chi connectivity index (χ1n) is 10.7.